The van der Waals surface area contributed by atoms with E-state index in [1.54, 1.807) is 12.1 Å². The molecule has 0 unspecified atom stereocenters. The number of aryl methyl sites for hydroxylation is 1. The van der Waals surface area contributed by atoms with Gasteiger partial charge in [-0.15, -0.1) is 0 Å². The fourth-order valence-corrected chi connectivity index (χ4v) is 2.61. The zero-order valence-electron chi connectivity index (χ0n) is 14.3. The SMILES string of the molecule is Cc1ccc2c(c1)N(CCC(=O)Nc1ccc(C(F)(F)F)cn1)C(=O)CO2. The summed E-state index contributed by atoms with van der Waals surface area (Å²) in [6, 6.07) is 7.33. The molecule has 1 aliphatic rings. The molecule has 2 aromatic rings. The molecular formula is C18H16F3N3O3. The number of carbonyl (C=O) groups is 2. The summed E-state index contributed by atoms with van der Waals surface area (Å²) < 4.78 is 42.9. The third-order valence-electron chi connectivity index (χ3n) is 3.98. The number of amides is 2. The molecule has 1 aromatic carbocycles. The largest absolute Gasteiger partial charge is 0.482 e. The molecule has 1 aromatic heterocycles. The molecule has 0 aliphatic carbocycles. The molecule has 1 N–H and O–H groups in total. The van der Waals surface area contributed by atoms with Crippen LogP contribution in [0.1, 0.15) is 17.5 Å². The number of aromatic nitrogens is 1. The van der Waals surface area contributed by atoms with Gasteiger partial charge in [0, 0.05) is 19.2 Å². The Morgan fingerprint density at radius 3 is 2.74 bits per heavy atom. The topological polar surface area (TPSA) is 71.5 Å². The normalized spacial score (nSPS) is 13.8. The van der Waals surface area contributed by atoms with Crippen molar-refractivity contribution in [2.45, 2.75) is 19.5 Å². The van der Waals surface area contributed by atoms with Crippen LogP contribution in [0.5, 0.6) is 5.75 Å². The van der Waals surface area contributed by atoms with E-state index in [2.05, 4.69) is 10.3 Å². The van der Waals surface area contributed by atoms with Gasteiger partial charge in [0.25, 0.3) is 5.91 Å². The predicted molar refractivity (Wildman–Crippen MR) is 91.5 cm³/mol. The van der Waals surface area contributed by atoms with Crippen molar-refractivity contribution in [3.63, 3.8) is 0 Å². The molecule has 0 atom stereocenters. The Labute approximate surface area is 152 Å². The Morgan fingerprint density at radius 2 is 2.07 bits per heavy atom. The highest BCUT2D eigenvalue weighted by Crippen LogP contribution is 2.33. The van der Waals surface area contributed by atoms with Crippen molar-refractivity contribution in [1.82, 2.24) is 4.98 Å². The molecule has 0 fully saturated rings. The number of halogens is 3. The number of fused-ring (bicyclic) bond motifs is 1. The van der Waals surface area contributed by atoms with E-state index in [0.717, 1.165) is 17.7 Å². The van der Waals surface area contributed by atoms with Gasteiger partial charge in [-0.2, -0.15) is 13.2 Å². The van der Waals surface area contributed by atoms with Crippen molar-refractivity contribution < 1.29 is 27.5 Å². The van der Waals surface area contributed by atoms with Gasteiger partial charge in [0.2, 0.25) is 5.91 Å². The molecule has 0 bridgehead atoms. The summed E-state index contributed by atoms with van der Waals surface area (Å²) in [6.45, 7) is 1.88. The summed E-state index contributed by atoms with van der Waals surface area (Å²) in [6.07, 6.45) is -3.88. The van der Waals surface area contributed by atoms with Gasteiger partial charge in [-0.25, -0.2) is 4.98 Å². The number of anilines is 2. The summed E-state index contributed by atoms with van der Waals surface area (Å²) in [5.41, 5.74) is 0.633. The Kier molecular flexibility index (Phi) is 5.02. The highest BCUT2D eigenvalue weighted by Gasteiger charge is 2.30. The Hall–Kier alpha value is -3.10. The number of carbonyl (C=O) groups excluding carboxylic acids is 2. The lowest BCUT2D eigenvalue weighted by atomic mass is 10.1. The Balaban J connectivity index is 1.63. The number of ether oxygens (including phenoxy) is 1. The third-order valence-corrected chi connectivity index (χ3v) is 3.98. The van der Waals surface area contributed by atoms with Crippen molar-refractivity contribution in [3.05, 3.63) is 47.7 Å². The number of nitrogens with zero attached hydrogens (tertiary/aromatic N) is 2. The summed E-state index contributed by atoms with van der Waals surface area (Å²) >= 11 is 0. The first-order valence-electron chi connectivity index (χ1n) is 8.11. The first kappa shape index (κ1) is 18.7. The lowest BCUT2D eigenvalue weighted by Gasteiger charge is -2.29. The van der Waals surface area contributed by atoms with E-state index in [1.165, 1.54) is 4.90 Å². The summed E-state index contributed by atoms with van der Waals surface area (Å²) in [4.78, 5) is 29.3. The van der Waals surface area contributed by atoms with Gasteiger partial charge in [-0.05, 0) is 36.8 Å². The lowest BCUT2D eigenvalue weighted by Crippen LogP contribution is -2.40. The molecule has 1 aliphatic heterocycles. The number of hydrogen-bond acceptors (Lipinski definition) is 4. The van der Waals surface area contributed by atoms with Gasteiger partial charge < -0.3 is 15.0 Å². The number of rotatable bonds is 4. The predicted octanol–water partition coefficient (Wildman–Crippen LogP) is 3.16. The van der Waals surface area contributed by atoms with Crippen LogP contribution >= 0.6 is 0 Å². The van der Waals surface area contributed by atoms with Crippen LogP contribution < -0.4 is 15.0 Å². The molecule has 27 heavy (non-hydrogen) atoms. The molecule has 0 saturated heterocycles. The average molecular weight is 379 g/mol. The molecule has 2 heterocycles. The van der Waals surface area contributed by atoms with E-state index in [-0.39, 0.29) is 31.3 Å². The average Bonchev–Trinajstić information content (AvgIpc) is 2.60. The highest BCUT2D eigenvalue weighted by atomic mass is 19.4. The van der Waals surface area contributed by atoms with Crippen molar-refractivity contribution in [2.24, 2.45) is 0 Å². The molecular weight excluding hydrogens is 363 g/mol. The van der Waals surface area contributed by atoms with Gasteiger partial charge in [0.15, 0.2) is 6.61 Å². The maximum Gasteiger partial charge on any atom is 0.417 e. The second-order valence-corrected chi connectivity index (χ2v) is 6.03. The fourth-order valence-electron chi connectivity index (χ4n) is 2.61. The van der Waals surface area contributed by atoms with Crippen molar-refractivity contribution in [2.75, 3.05) is 23.4 Å². The highest BCUT2D eigenvalue weighted by molar-refractivity contribution is 5.99. The van der Waals surface area contributed by atoms with Crippen molar-refractivity contribution >= 4 is 23.3 Å². The van der Waals surface area contributed by atoms with Crippen LogP contribution in [0.3, 0.4) is 0 Å². The number of hydrogen-bond donors (Lipinski definition) is 1. The van der Waals surface area contributed by atoms with Gasteiger partial charge in [0.1, 0.15) is 11.6 Å². The Morgan fingerprint density at radius 1 is 1.30 bits per heavy atom. The molecule has 0 saturated carbocycles. The minimum absolute atomic E-state index is 0.0116. The van der Waals surface area contributed by atoms with Crippen LogP contribution in [0.25, 0.3) is 0 Å². The molecule has 6 nitrogen and oxygen atoms in total. The summed E-state index contributed by atoms with van der Waals surface area (Å²) in [5, 5.41) is 2.42. The molecule has 9 heteroatoms. The van der Waals surface area contributed by atoms with Crippen LogP contribution in [-0.2, 0) is 15.8 Å². The van der Waals surface area contributed by atoms with E-state index < -0.39 is 17.6 Å². The van der Waals surface area contributed by atoms with E-state index in [4.69, 9.17) is 4.74 Å². The van der Waals surface area contributed by atoms with Crippen LogP contribution in [0.2, 0.25) is 0 Å². The van der Waals surface area contributed by atoms with Gasteiger partial charge >= 0.3 is 6.18 Å². The summed E-state index contributed by atoms with van der Waals surface area (Å²) in [5.74, 6) is -0.160. The van der Waals surface area contributed by atoms with Crippen LogP contribution in [0.15, 0.2) is 36.5 Å². The first-order valence-corrected chi connectivity index (χ1v) is 8.11. The van der Waals surface area contributed by atoms with Crippen LogP contribution in [0, 0.1) is 6.92 Å². The van der Waals surface area contributed by atoms with E-state index in [0.29, 0.717) is 17.6 Å². The maximum absolute atomic E-state index is 12.5. The zero-order chi connectivity index (χ0) is 19.6. The zero-order valence-corrected chi connectivity index (χ0v) is 14.3. The molecule has 0 spiro atoms. The second-order valence-electron chi connectivity index (χ2n) is 6.03. The van der Waals surface area contributed by atoms with E-state index in [1.807, 2.05) is 13.0 Å². The van der Waals surface area contributed by atoms with Gasteiger partial charge in [0.05, 0.1) is 11.3 Å². The first-order chi connectivity index (χ1) is 12.7. The number of benzene rings is 1. The van der Waals surface area contributed by atoms with E-state index >= 15 is 0 Å². The van der Waals surface area contributed by atoms with E-state index in [9.17, 15) is 22.8 Å². The molecule has 142 valence electrons. The third kappa shape index (κ3) is 4.36. The Bertz CT molecular complexity index is 866. The van der Waals surface area contributed by atoms with Crippen molar-refractivity contribution in [3.8, 4) is 5.75 Å². The molecule has 0 radical (unpaired) electrons. The fraction of sp³-hybridized carbons (Fsp3) is 0.278. The van der Waals surface area contributed by atoms with Gasteiger partial charge in [-0.1, -0.05) is 6.07 Å². The standard InChI is InChI=1S/C18H16F3N3O3/c1-11-2-4-14-13(8-11)24(17(26)10-27-14)7-6-16(25)23-15-5-3-12(9-22-15)18(19,20)21/h2-5,8-9H,6-7,10H2,1H3,(H,22,23,25). The number of alkyl halides is 3. The van der Waals surface area contributed by atoms with Crippen molar-refractivity contribution in [1.29, 1.82) is 0 Å². The smallest absolute Gasteiger partial charge is 0.417 e. The van der Waals surface area contributed by atoms with Crippen LogP contribution in [-0.4, -0.2) is 29.9 Å². The molecule has 3 rings (SSSR count). The number of pyridine rings is 1. The molecule has 2 amide bonds. The minimum Gasteiger partial charge on any atom is -0.482 e. The quantitative estimate of drug-likeness (QED) is 0.886. The minimum atomic E-state index is -4.49. The lowest BCUT2D eigenvalue weighted by molar-refractivity contribution is -0.137. The van der Waals surface area contributed by atoms with Crippen LogP contribution in [0.4, 0.5) is 24.7 Å². The number of nitrogens with one attached hydrogen (secondary N) is 1. The maximum atomic E-state index is 12.5. The monoisotopic (exact) mass is 379 g/mol. The van der Waals surface area contributed by atoms with Gasteiger partial charge in [-0.3, -0.25) is 9.59 Å². The summed E-state index contributed by atoms with van der Waals surface area (Å²) in [7, 11) is 0. The second kappa shape index (κ2) is 7.26.